The van der Waals surface area contributed by atoms with E-state index in [2.05, 4.69) is 10.3 Å². The van der Waals surface area contributed by atoms with Crippen LogP contribution >= 0.6 is 0 Å². The van der Waals surface area contributed by atoms with E-state index < -0.39 is 0 Å². The van der Waals surface area contributed by atoms with E-state index >= 15 is 0 Å². The fourth-order valence-electron chi connectivity index (χ4n) is 3.02. The molecular formula is C25H27N3O4. The first kappa shape index (κ1) is 22.8. The summed E-state index contributed by atoms with van der Waals surface area (Å²) in [6.45, 7) is 4.57. The molecule has 0 radical (unpaired) electrons. The molecule has 0 saturated carbocycles. The highest BCUT2D eigenvalue weighted by molar-refractivity contribution is 6.05. The van der Waals surface area contributed by atoms with Crippen LogP contribution in [0, 0.1) is 0 Å². The minimum absolute atomic E-state index is 0.0469. The van der Waals surface area contributed by atoms with Gasteiger partial charge < -0.3 is 19.7 Å². The number of hydrogen-bond donors (Lipinski definition) is 1. The average molecular weight is 434 g/mol. The number of anilines is 1. The van der Waals surface area contributed by atoms with E-state index in [1.807, 2.05) is 43.3 Å². The highest BCUT2D eigenvalue weighted by Gasteiger charge is 2.15. The van der Waals surface area contributed by atoms with Crippen molar-refractivity contribution in [2.24, 2.45) is 0 Å². The summed E-state index contributed by atoms with van der Waals surface area (Å²) in [5, 5.41) is 2.94. The zero-order valence-corrected chi connectivity index (χ0v) is 18.5. The van der Waals surface area contributed by atoms with Crippen molar-refractivity contribution in [2.75, 3.05) is 19.0 Å². The number of carbonyl (C=O) groups excluding carboxylic acids is 2. The summed E-state index contributed by atoms with van der Waals surface area (Å²) in [7, 11) is 1.72. The maximum atomic E-state index is 12.9. The summed E-state index contributed by atoms with van der Waals surface area (Å²) < 4.78 is 11.6. The van der Waals surface area contributed by atoms with Crippen molar-refractivity contribution in [3.8, 4) is 11.5 Å². The van der Waals surface area contributed by atoms with E-state index in [-0.39, 0.29) is 11.8 Å². The first-order valence-corrected chi connectivity index (χ1v) is 10.4. The second kappa shape index (κ2) is 10.9. The molecule has 0 aliphatic carbocycles. The molecule has 2 amide bonds. The van der Waals surface area contributed by atoms with Gasteiger partial charge in [-0.15, -0.1) is 0 Å². The molecule has 2 aromatic carbocycles. The first-order chi connectivity index (χ1) is 15.5. The highest BCUT2D eigenvalue weighted by atomic mass is 16.5. The van der Waals surface area contributed by atoms with Crippen LogP contribution in [-0.2, 0) is 17.9 Å². The molecule has 0 unspecified atom stereocenters. The number of rotatable bonds is 9. The van der Waals surface area contributed by atoms with Crippen LogP contribution in [-0.4, -0.2) is 35.4 Å². The monoisotopic (exact) mass is 433 g/mol. The van der Waals surface area contributed by atoms with E-state index in [9.17, 15) is 9.59 Å². The number of para-hydroxylation sites is 1. The quantitative estimate of drug-likeness (QED) is 0.545. The fraction of sp³-hybridized carbons (Fsp3) is 0.240. The summed E-state index contributed by atoms with van der Waals surface area (Å²) in [4.78, 5) is 30.2. The number of carbonyl (C=O) groups is 2. The maximum Gasteiger partial charge on any atom is 0.255 e. The van der Waals surface area contributed by atoms with Crippen molar-refractivity contribution in [3.63, 3.8) is 0 Å². The van der Waals surface area contributed by atoms with Crippen LogP contribution in [0.1, 0.15) is 35.3 Å². The normalized spacial score (nSPS) is 10.3. The molecule has 0 atom stereocenters. The van der Waals surface area contributed by atoms with E-state index in [1.54, 1.807) is 42.5 Å². The molecule has 1 aromatic heterocycles. The lowest BCUT2D eigenvalue weighted by molar-refractivity contribution is -0.128. The molecule has 32 heavy (non-hydrogen) atoms. The van der Waals surface area contributed by atoms with Crippen LogP contribution in [0.5, 0.6) is 11.5 Å². The van der Waals surface area contributed by atoms with Gasteiger partial charge in [0.05, 0.1) is 6.61 Å². The van der Waals surface area contributed by atoms with Gasteiger partial charge in [-0.25, -0.2) is 0 Å². The predicted octanol–water partition coefficient (Wildman–Crippen LogP) is 4.29. The minimum Gasteiger partial charge on any atom is -0.490 e. The molecule has 0 aliphatic rings. The van der Waals surface area contributed by atoms with E-state index in [0.717, 1.165) is 11.1 Å². The molecule has 0 bridgehead atoms. The van der Waals surface area contributed by atoms with Crippen LogP contribution in [0.4, 0.5) is 5.69 Å². The second-order valence-electron chi connectivity index (χ2n) is 7.23. The third-order valence-electron chi connectivity index (χ3n) is 4.83. The van der Waals surface area contributed by atoms with Crippen molar-refractivity contribution in [1.29, 1.82) is 0 Å². The van der Waals surface area contributed by atoms with Crippen molar-refractivity contribution in [1.82, 2.24) is 9.88 Å². The molecular weight excluding hydrogens is 406 g/mol. The Hall–Kier alpha value is -3.87. The average Bonchev–Trinajstić information content (AvgIpc) is 2.80. The topological polar surface area (TPSA) is 80.8 Å². The van der Waals surface area contributed by atoms with Gasteiger partial charge in [-0.1, -0.05) is 24.3 Å². The summed E-state index contributed by atoms with van der Waals surface area (Å²) in [6, 6.07) is 16.3. The number of benzene rings is 2. The zero-order valence-electron chi connectivity index (χ0n) is 18.5. The molecule has 3 aromatic rings. The number of pyridine rings is 1. The Balaban J connectivity index is 1.76. The Labute approximate surface area is 188 Å². The van der Waals surface area contributed by atoms with Crippen molar-refractivity contribution in [2.45, 2.75) is 27.0 Å². The third kappa shape index (κ3) is 6.07. The second-order valence-corrected chi connectivity index (χ2v) is 7.23. The third-order valence-corrected chi connectivity index (χ3v) is 4.83. The van der Waals surface area contributed by atoms with Crippen molar-refractivity contribution >= 4 is 17.5 Å². The Kier molecular flexibility index (Phi) is 7.80. The Morgan fingerprint density at radius 2 is 1.84 bits per heavy atom. The molecule has 1 heterocycles. The van der Waals surface area contributed by atoms with Crippen LogP contribution < -0.4 is 14.8 Å². The largest absolute Gasteiger partial charge is 0.490 e. The predicted molar refractivity (Wildman–Crippen MR) is 123 cm³/mol. The lowest BCUT2D eigenvalue weighted by Crippen LogP contribution is -2.24. The van der Waals surface area contributed by atoms with Gasteiger partial charge in [0.1, 0.15) is 6.61 Å². The van der Waals surface area contributed by atoms with E-state index in [0.29, 0.717) is 42.5 Å². The SMILES string of the molecule is CCOc1cc(C(=O)Nc2ccccc2CN(C)C(C)=O)ccc1OCc1cccnc1. The van der Waals surface area contributed by atoms with Crippen LogP contribution in [0.2, 0.25) is 0 Å². The lowest BCUT2D eigenvalue weighted by atomic mass is 10.1. The van der Waals surface area contributed by atoms with Crippen LogP contribution in [0.3, 0.4) is 0 Å². The van der Waals surface area contributed by atoms with Gasteiger partial charge in [-0.2, -0.15) is 0 Å². The zero-order chi connectivity index (χ0) is 22.9. The van der Waals surface area contributed by atoms with Crippen LogP contribution in [0.25, 0.3) is 0 Å². The number of ether oxygens (including phenoxy) is 2. The number of nitrogens with zero attached hydrogens (tertiary/aromatic N) is 2. The molecule has 0 spiro atoms. The van der Waals surface area contributed by atoms with Gasteiger partial charge in [-0.05, 0) is 42.8 Å². The van der Waals surface area contributed by atoms with Gasteiger partial charge in [-0.3, -0.25) is 14.6 Å². The molecule has 0 saturated heterocycles. The van der Waals surface area contributed by atoms with Gasteiger partial charge in [0.25, 0.3) is 5.91 Å². The van der Waals surface area contributed by atoms with Gasteiger partial charge in [0, 0.05) is 49.7 Å². The van der Waals surface area contributed by atoms with Gasteiger partial charge >= 0.3 is 0 Å². The molecule has 7 nitrogen and oxygen atoms in total. The number of nitrogens with one attached hydrogen (secondary N) is 1. The summed E-state index contributed by atoms with van der Waals surface area (Å²) in [5.41, 5.74) is 2.88. The molecule has 166 valence electrons. The van der Waals surface area contributed by atoms with Gasteiger partial charge in [0.15, 0.2) is 11.5 Å². The van der Waals surface area contributed by atoms with Crippen LogP contribution in [0.15, 0.2) is 67.0 Å². The minimum atomic E-state index is -0.275. The van der Waals surface area contributed by atoms with E-state index in [4.69, 9.17) is 9.47 Å². The maximum absolute atomic E-state index is 12.9. The van der Waals surface area contributed by atoms with E-state index in [1.165, 1.54) is 6.92 Å². The smallest absolute Gasteiger partial charge is 0.255 e. The Morgan fingerprint density at radius 3 is 2.56 bits per heavy atom. The summed E-state index contributed by atoms with van der Waals surface area (Å²) >= 11 is 0. The van der Waals surface area contributed by atoms with Crippen molar-refractivity contribution < 1.29 is 19.1 Å². The number of amides is 2. The molecule has 0 fully saturated rings. The Morgan fingerprint density at radius 1 is 1.03 bits per heavy atom. The first-order valence-electron chi connectivity index (χ1n) is 10.4. The van der Waals surface area contributed by atoms with Gasteiger partial charge in [0.2, 0.25) is 5.91 Å². The molecule has 7 heteroatoms. The number of hydrogen-bond acceptors (Lipinski definition) is 5. The molecule has 3 rings (SSSR count). The lowest BCUT2D eigenvalue weighted by Gasteiger charge is -2.18. The molecule has 1 N–H and O–H groups in total. The summed E-state index contributed by atoms with van der Waals surface area (Å²) in [6.07, 6.45) is 3.45. The fourth-order valence-corrected chi connectivity index (χ4v) is 3.02. The highest BCUT2D eigenvalue weighted by Crippen LogP contribution is 2.30. The molecule has 0 aliphatic heterocycles. The standard InChI is InChI=1S/C25H27N3O4/c1-4-31-24-14-20(11-12-23(24)32-17-19-8-7-13-26-15-19)25(30)27-22-10-6-5-9-21(22)16-28(3)18(2)29/h5-15H,4,16-17H2,1-3H3,(H,27,30). The summed E-state index contributed by atoms with van der Waals surface area (Å²) in [5.74, 6) is 0.724. The Bertz CT molecular complexity index is 1070. The number of aromatic nitrogens is 1. The van der Waals surface area contributed by atoms with Crippen molar-refractivity contribution in [3.05, 3.63) is 83.7 Å².